The van der Waals surface area contributed by atoms with Gasteiger partial charge in [0, 0.05) is 5.02 Å². The fraction of sp³-hybridized carbons (Fsp3) is 0.125. The van der Waals surface area contributed by atoms with Crippen molar-refractivity contribution in [3.05, 3.63) is 27.6 Å². The van der Waals surface area contributed by atoms with Crippen LogP contribution in [-0.4, -0.2) is 4.98 Å². The number of aromatic nitrogens is 1. The molecule has 2 nitrogen and oxygen atoms in total. The van der Waals surface area contributed by atoms with E-state index in [4.69, 9.17) is 28.2 Å². The third-order valence-corrected chi connectivity index (χ3v) is 2.07. The van der Waals surface area contributed by atoms with Crippen molar-refractivity contribution in [1.29, 1.82) is 0 Å². The maximum Gasteiger partial charge on any atom is 0.266 e. The molecule has 0 spiro atoms. The zero-order chi connectivity index (χ0) is 8.72. The van der Waals surface area contributed by atoms with Crippen LogP contribution in [0.25, 0.3) is 11.1 Å². The van der Waals surface area contributed by atoms with Crippen LogP contribution in [0, 0.1) is 11.8 Å². The van der Waals surface area contributed by atoms with Crippen molar-refractivity contribution in [2.24, 2.45) is 0 Å². The molecule has 1 aromatic heterocycles. The number of aromatic amines is 1. The first-order valence-electron chi connectivity index (χ1n) is 3.46. The summed E-state index contributed by atoms with van der Waals surface area (Å²) in [6.07, 6.45) is 0. The molecule has 0 atom stereocenters. The Bertz CT molecular complexity index is 485. The van der Waals surface area contributed by atoms with E-state index >= 15 is 0 Å². The molecule has 0 aliphatic carbocycles. The molecule has 0 amide bonds. The highest BCUT2D eigenvalue weighted by Crippen LogP contribution is 2.22. The molecular weight excluding hydrogens is 194 g/mol. The lowest BCUT2D eigenvalue weighted by Gasteiger charge is -1.93. The van der Waals surface area contributed by atoms with E-state index in [1.807, 2.05) is 13.0 Å². The number of fused-ring (bicyclic) bond motifs is 1. The Hall–Kier alpha value is -0.800. The van der Waals surface area contributed by atoms with Gasteiger partial charge >= 0.3 is 0 Å². The molecule has 1 heterocycles. The third kappa shape index (κ3) is 1.15. The number of oxazole rings is 1. The van der Waals surface area contributed by atoms with Crippen LogP contribution in [0.4, 0.5) is 0 Å². The molecule has 0 aliphatic heterocycles. The Morgan fingerprint density at radius 2 is 2.25 bits per heavy atom. The molecule has 4 heteroatoms. The van der Waals surface area contributed by atoms with Crippen molar-refractivity contribution in [2.45, 2.75) is 6.92 Å². The van der Waals surface area contributed by atoms with Gasteiger partial charge in [0.25, 0.3) is 4.84 Å². The van der Waals surface area contributed by atoms with Gasteiger partial charge in [-0.15, -0.1) is 0 Å². The SMILES string of the molecule is Cc1cc(Cl)cc2[nH]c(=S)oc12. The van der Waals surface area contributed by atoms with Gasteiger partial charge in [0.15, 0.2) is 5.58 Å². The minimum Gasteiger partial charge on any atom is -0.429 e. The molecule has 2 rings (SSSR count). The second-order valence-corrected chi connectivity index (χ2v) is 3.42. The van der Waals surface area contributed by atoms with E-state index in [2.05, 4.69) is 4.98 Å². The number of rotatable bonds is 0. The molecular formula is C8H6ClNOS. The van der Waals surface area contributed by atoms with Crippen LogP contribution < -0.4 is 0 Å². The molecule has 0 aliphatic rings. The number of H-pyrrole nitrogens is 1. The summed E-state index contributed by atoms with van der Waals surface area (Å²) in [6.45, 7) is 1.93. The topological polar surface area (TPSA) is 28.9 Å². The van der Waals surface area contributed by atoms with E-state index in [-0.39, 0.29) is 0 Å². The largest absolute Gasteiger partial charge is 0.429 e. The number of nitrogens with one attached hydrogen (secondary N) is 1. The quantitative estimate of drug-likeness (QED) is 0.659. The molecule has 0 fully saturated rings. The summed E-state index contributed by atoms with van der Waals surface area (Å²) >= 11 is 10.7. The van der Waals surface area contributed by atoms with Gasteiger partial charge in [-0.1, -0.05) is 11.6 Å². The van der Waals surface area contributed by atoms with Crippen molar-refractivity contribution in [3.8, 4) is 0 Å². The summed E-state index contributed by atoms with van der Waals surface area (Å²) in [5.74, 6) is 0. The van der Waals surface area contributed by atoms with E-state index in [1.54, 1.807) is 6.07 Å². The Labute approximate surface area is 79.2 Å². The van der Waals surface area contributed by atoms with Gasteiger partial charge in [-0.3, -0.25) is 0 Å². The van der Waals surface area contributed by atoms with E-state index in [0.29, 0.717) is 9.86 Å². The fourth-order valence-corrected chi connectivity index (χ4v) is 1.65. The molecule has 62 valence electrons. The molecule has 0 unspecified atom stereocenters. The molecule has 1 aromatic carbocycles. The van der Waals surface area contributed by atoms with E-state index in [9.17, 15) is 0 Å². The first-order valence-corrected chi connectivity index (χ1v) is 4.24. The summed E-state index contributed by atoms with van der Waals surface area (Å²) in [6, 6.07) is 3.64. The maximum absolute atomic E-state index is 5.84. The van der Waals surface area contributed by atoms with Crippen LogP contribution in [0.15, 0.2) is 16.5 Å². The van der Waals surface area contributed by atoms with E-state index in [1.165, 1.54) is 0 Å². The lowest BCUT2D eigenvalue weighted by molar-refractivity contribution is 0.581. The van der Waals surface area contributed by atoms with Crippen LogP contribution in [0.1, 0.15) is 5.56 Å². The monoisotopic (exact) mass is 199 g/mol. The van der Waals surface area contributed by atoms with Crippen molar-refractivity contribution >= 4 is 34.9 Å². The normalized spacial score (nSPS) is 10.8. The van der Waals surface area contributed by atoms with Crippen molar-refractivity contribution in [2.75, 3.05) is 0 Å². The highest BCUT2D eigenvalue weighted by molar-refractivity contribution is 7.71. The Morgan fingerprint density at radius 1 is 1.50 bits per heavy atom. The molecule has 2 aromatic rings. The summed E-state index contributed by atoms with van der Waals surface area (Å²) in [4.78, 5) is 3.29. The zero-order valence-corrected chi connectivity index (χ0v) is 7.92. The second-order valence-electron chi connectivity index (χ2n) is 2.61. The number of halogens is 1. The standard InChI is InChI=1S/C8H6ClNOS/c1-4-2-5(9)3-6-7(4)11-8(12)10-6/h2-3H,1H3,(H,10,12). The van der Waals surface area contributed by atoms with Gasteiger partial charge in [0.05, 0.1) is 5.52 Å². The number of hydrogen-bond acceptors (Lipinski definition) is 2. The summed E-state index contributed by atoms with van der Waals surface area (Å²) in [5.41, 5.74) is 2.62. The first-order chi connectivity index (χ1) is 5.66. The van der Waals surface area contributed by atoms with Gasteiger partial charge in [-0.25, -0.2) is 0 Å². The Morgan fingerprint density at radius 3 is 3.00 bits per heavy atom. The van der Waals surface area contributed by atoms with Crippen LogP contribution >= 0.6 is 23.8 Å². The summed E-state index contributed by atoms with van der Waals surface area (Å²) < 4.78 is 5.25. The van der Waals surface area contributed by atoms with Gasteiger partial charge < -0.3 is 9.40 Å². The molecule has 0 bridgehead atoms. The predicted molar refractivity (Wildman–Crippen MR) is 51.1 cm³/mol. The smallest absolute Gasteiger partial charge is 0.266 e. The molecule has 0 radical (unpaired) electrons. The van der Waals surface area contributed by atoms with E-state index < -0.39 is 0 Å². The predicted octanol–water partition coefficient (Wildman–Crippen LogP) is 3.45. The highest BCUT2D eigenvalue weighted by Gasteiger charge is 2.03. The lowest BCUT2D eigenvalue weighted by atomic mass is 10.2. The van der Waals surface area contributed by atoms with Crippen LogP contribution in [-0.2, 0) is 0 Å². The zero-order valence-electron chi connectivity index (χ0n) is 6.35. The third-order valence-electron chi connectivity index (χ3n) is 1.67. The van der Waals surface area contributed by atoms with Gasteiger partial charge in [0.1, 0.15) is 0 Å². The van der Waals surface area contributed by atoms with E-state index in [0.717, 1.165) is 16.7 Å². The Balaban J connectivity index is 2.97. The van der Waals surface area contributed by atoms with Gasteiger partial charge in [-0.05, 0) is 36.8 Å². The van der Waals surface area contributed by atoms with Crippen molar-refractivity contribution < 1.29 is 4.42 Å². The van der Waals surface area contributed by atoms with Crippen LogP contribution in [0.2, 0.25) is 5.02 Å². The van der Waals surface area contributed by atoms with Crippen LogP contribution in [0.3, 0.4) is 0 Å². The average Bonchev–Trinajstić information content (AvgIpc) is 2.29. The van der Waals surface area contributed by atoms with Gasteiger partial charge in [0.2, 0.25) is 0 Å². The maximum atomic E-state index is 5.84. The summed E-state index contributed by atoms with van der Waals surface area (Å²) in [5, 5.41) is 0.687. The first kappa shape index (κ1) is 7.83. The number of aryl methyl sites for hydroxylation is 1. The fourth-order valence-electron chi connectivity index (χ4n) is 1.19. The number of hydrogen-bond donors (Lipinski definition) is 1. The average molecular weight is 200 g/mol. The Kier molecular flexibility index (Phi) is 1.70. The molecule has 1 N–H and O–H groups in total. The molecule has 12 heavy (non-hydrogen) atoms. The minimum atomic E-state index is 0.385. The number of benzene rings is 1. The van der Waals surface area contributed by atoms with Crippen molar-refractivity contribution in [1.82, 2.24) is 4.98 Å². The highest BCUT2D eigenvalue weighted by atomic mass is 35.5. The van der Waals surface area contributed by atoms with Gasteiger partial charge in [-0.2, -0.15) is 0 Å². The minimum absolute atomic E-state index is 0.385. The summed E-state index contributed by atoms with van der Waals surface area (Å²) in [7, 11) is 0. The second kappa shape index (κ2) is 2.61. The lowest BCUT2D eigenvalue weighted by Crippen LogP contribution is -1.74. The molecule has 0 saturated heterocycles. The van der Waals surface area contributed by atoms with Crippen LogP contribution in [0.5, 0.6) is 0 Å². The molecule has 0 saturated carbocycles. The van der Waals surface area contributed by atoms with Crippen molar-refractivity contribution in [3.63, 3.8) is 0 Å².